The van der Waals surface area contributed by atoms with Crippen molar-refractivity contribution in [2.45, 2.75) is 46.5 Å². The van der Waals surface area contributed by atoms with Gasteiger partial charge in [-0.15, -0.1) is 30.6 Å². The van der Waals surface area contributed by atoms with Crippen LogP contribution in [0.15, 0.2) is 17.6 Å². The third kappa shape index (κ3) is 12.3. The van der Waals surface area contributed by atoms with Gasteiger partial charge in [0.15, 0.2) is 5.96 Å². The molecule has 1 atom stereocenters. The normalized spacial score (nSPS) is 12.7. The average Bonchev–Trinajstić information content (AvgIpc) is 2.43. The van der Waals surface area contributed by atoms with E-state index in [1.807, 2.05) is 6.08 Å². The van der Waals surface area contributed by atoms with Gasteiger partial charge in [-0.25, -0.2) is 0 Å². The van der Waals surface area contributed by atoms with Crippen LogP contribution in [0.4, 0.5) is 0 Å². The first-order valence-electron chi connectivity index (χ1n) is 8.26. The Kier molecular flexibility index (Phi) is 17.0. The van der Waals surface area contributed by atoms with Crippen molar-refractivity contribution in [1.29, 1.82) is 0 Å². The molecule has 4 nitrogen and oxygen atoms in total. The number of aliphatic hydroxyl groups excluding tert-OH is 1. The highest BCUT2D eigenvalue weighted by molar-refractivity contribution is 14.0. The molecule has 22 heavy (non-hydrogen) atoms. The predicted molar refractivity (Wildman–Crippen MR) is 108 cm³/mol. The van der Waals surface area contributed by atoms with Gasteiger partial charge in [0.2, 0.25) is 0 Å². The van der Waals surface area contributed by atoms with E-state index >= 15 is 0 Å². The summed E-state index contributed by atoms with van der Waals surface area (Å²) in [5, 5.41) is 12.5. The minimum absolute atomic E-state index is 0. The Hall–Kier alpha value is -0.300. The number of unbranched alkanes of at least 4 members (excludes halogenated alkanes) is 1. The van der Waals surface area contributed by atoms with Crippen molar-refractivity contribution in [2.75, 3.05) is 33.3 Å². The Balaban J connectivity index is 0. The number of hydrogen-bond acceptors (Lipinski definition) is 2. The molecule has 0 aliphatic carbocycles. The van der Waals surface area contributed by atoms with Gasteiger partial charge in [-0.05, 0) is 44.4 Å². The van der Waals surface area contributed by atoms with Crippen LogP contribution < -0.4 is 5.32 Å². The SMILES string of the molecule is C=CCCCN(C)C(=NCC(CCO)CC(C)C)NCC.I. The number of allylic oxidation sites excluding steroid dienone is 1. The molecule has 0 rings (SSSR count). The summed E-state index contributed by atoms with van der Waals surface area (Å²) in [4.78, 5) is 6.94. The Morgan fingerprint density at radius 3 is 2.59 bits per heavy atom. The van der Waals surface area contributed by atoms with Crippen molar-refractivity contribution in [3.8, 4) is 0 Å². The molecule has 0 heterocycles. The Bertz CT molecular complexity index is 296. The van der Waals surface area contributed by atoms with Crippen molar-refractivity contribution in [3.05, 3.63) is 12.7 Å². The van der Waals surface area contributed by atoms with Crippen LogP contribution in [-0.4, -0.2) is 49.3 Å². The summed E-state index contributed by atoms with van der Waals surface area (Å²) in [6, 6.07) is 0. The molecule has 0 aromatic carbocycles. The summed E-state index contributed by atoms with van der Waals surface area (Å²) in [6.07, 6.45) is 6.03. The van der Waals surface area contributed by atoms with Crippen molar-refractivity contribution in [2.24, 2.45) is 16.8 Å². The standard InChI is InChI=1S/C17H35N3O.HI/c1-6-8-9-11-20(5)17(18-7-2)19-14-16(10-12-21)13-15(3)4;/h6,15-16,21H,1,7-14H2,2-5H3,(H,18,19);1H. The van der Waals surface area contributed by atoms with Gasteiger partial charge in [0.1, 0.15) is 0 Å². The van der Waals surface area contributed by atoms with Gasteiger partial charge in [-0.3, -0.25) is 4.99 Å². The molecule has 0 aromatic heterocycles. The first kappa shape index (κ1) is 24.0. The summed E-state index contributed by atoms with van der Waals surface area (Å²) < 4.78 is 0. The largest absolute Gasteiger partial charge is 0.396 e. The maximum Gasteiger partial charge on any atom is 0.193 e. The number of aliphatic hydroxyl groups is 1. The van der Waals surface area contributed by atoms with E-state index in [1.165, 1.54) is 0 Å². The van der Waals surface area contributed by atoms with Gasteiger partial charge in [-0.1, -0.05) is 19.9 Å². The molecule has 0 spiro atoms. The quantitative estimate of drug-likeness (QED) is 0.175. The second kappa shape index (κ2) is 15.6. The lowest BCUT2D eigenvalue weighted by Crippen LogP contribution is -2.39. The summed E-state index contributed by atoms with van der Waals surface area (Å²) in [6.45, 7) is 13.2. The number of nitrogens with zero attached hydrogens (tertiary/aromatic N) is 2. The van der Waals surface area contributed by atoms with Gasteiger partial charge in [0, 0.05) is 33.3 Å². The van der Waals surface area contributed by atoms with E-state index in [0.29, 0.717) is 11.8 Å². The van der Waals surface area contributed by atoms with E-state index in [1.54, 1.807) is 0 Å². The minimum atomic E-state index is 0. The molecule has 0 bridgehead atoms. The second-order valence-corrected chi connectivity index (χ2v) is 6.05. The smallest absolute Gasteiger partial charge is 0.193 e. The Labute approximate surface area is 154 Å². The maximum atomic E-state index is 9.19. The molecule has 0 saturated carbocycles. The van der Waals surface area contributed by atoms with Gasteiger partial charge in [-0.2, -0.15) is 0 Å². The highest BCUT2D eigenvalue weighted by atomic mass is 127. The molecule has 0 radical (unpaired) electrons. The summed E-state index contributed by atoms with van der Waals surface area (Å²) >= 11 is 0. The summed E-state index contributed by atoms with van der Waals surface area (Å²) in [5.41, 5.74) is 0. The molecule has 0 aliphatic heterocycles. The van der Waals surface area contributed by atoms with E-state index in [0.717, 1.165) is 51.3 Å². The zero-order valence-corrected chi connectivity index (χ0v) is 17.2. The molecule has 2 N–H and O–H groups in total. The molecular weight excluding hydrogens is 389 g/mol. The van der Waals surface area contributed by atoms with Crippen LogP contribution in [0.2, 0.25) is 0 Å². The van der Waals surface area contributed by atoms with E-state index in [9.17, 15) is 5.11 Å². The third-order valence-corrected chi connectivity index (χ3v) is 3.44. The molecule has 0 fully saturated rings. The lowest BCUT2D eigenvalue weighted by atomic mass is 9.94. The zero-order valence-electron chi connectivity index (χ0n) is 14.8. The number of halogens is 1. The number of rotatable bonds is 11. The molecule has 0 saturated heterocycles. The molecule has 0 aliphatic rings. The predicted octanol–water partition coefficient (Wildman–Crippen LogP) is 3.51. The topological polar surface area (TPSA) is 47.9 Å². The molecule has 0 aromatic rings. The fourth-order valence-electron chi connectivity index (χ4n) is 2.40. The van der Waals surface area contributed by atoms with Crippen LogP contribution in [0, 0.1) is 11.8 Å². The Morgan fingerprint density at radius 1 is 1.41 bits per heavy atom. The van der Waals surface area contributed by atoms with Gasteiger partial charge < -0.3 is 15.3 Å². The monoisotopic (exact) mass is 425 g/mol. The van der Waals surface area contributed by atoms with Crippen molar-refractivity contribution in [3.63, 3.8) is 0 Å². The van der Waals surface area contributed by atoms with E-state index in [4.69, 9.17) is 4.99 Å². The number of aliphatic imine (C=N–C) groups is 1. The fraction of sp³-hybridized carbons (Fsp3) is 0.824. The first-order valence-corrected chi connectivity index (χ1v) is 8.26. The van der Waals surface area contributed by atoms with Crippen LogP contribution in [0.3, 0.4) is 0 Å². The highest BCUT2D eigenvalue weighted by Crippen LogP contribution is 2.15. The van der Waals surface area contributed by atoms with Crippen LogP contribution >= 0.6 is 24.0 Å². The second-order valence-electron chi connectivity index (χ2n) is 6.05. The summed E-state index contributed by atoms with van der Waals surface area (Å²) in [7, 11) is 2.08. The number of guanidine groups is 1. The highest BCUT2D eigenvalue weighted by Gasteiger charge is 2.12. The first-order chi connectivity index (χ1) is 10.0. The van der Waals surface area contributed by atoms with E-state index in [-0.39, 0.29) is 30.6 Å². The zero-order chi connectivity index (χ0) is 16.1. The van der Waals surface area contributed by atoms with Crippen molar-refractivity contribution >= 4 is 29.9 Å². The lowest BCUT2D eigenvalue weighted by Gasteiger charge is -2.23. The molecule has 1 unspecified atom stereocenters. The van der Waals surface area contributed by atoms with Crippen LogP contribution in [0.25, 0.3) is 0 Å². The molecular formula is C17H36IN3O. The van der Waals surface area contributed by atoms with Crippen LogP contribution in [0.1, 0.15) is 46.5 Å². The fourth-order valence-corrected chi connectivity index (χ4v) is 2.40. The minimum Gasteiger partial charge on any atom is -0.396 e. The van der Waals surface area contributed by atoms with E-state index < -0.39 is 0 Å². The number of nitrogens with one attached hydrogen (secondary N) is 1. The van der Waals surface area contributed by atoms with Crippen molar-refractivity contribution in [1.82, 2.24) is 10.2 Å². The van der Waals surface area contributed by atoms with Gasteiger partial charge in [0.25, 0.3) is 0 Å². The van der Waals surface area contributed by atoms with Crippen LogP contribution in [-0.2, 0) is 0 Å². The maximum absolute atomic E-state index is 9.19. The molecule has 5 heteroatoms. The number of hydrogen-bond donors (Lipinski definition) is 2. The third-order valence-electron chi connectivity index (χ3n) is 3.44. The molecule has 0 amide bonds. The van der Waals surface area contributed by atoms with Gasteiger partial charge >= 0.3 is 0 Å². The summed E-state index contributed by atoms with van der Waals surface area (Å²) in [5.74, 6) is 2.07. The van der Waals surface area contributed by atoms with Crippen LogP contribution in [0.5, 0.6) is 0 Å². The Morgan fingerprint density at radius 2 is 2.09 bits per heavy atom. The van der Waals surface area contributed by atoms with Gasteiger partial charge in [0.05, 0.1) is 0 Å². The molecule has 132 valence electrons. The van der Waals surface area contributed by atoms with E-state index in [2.05, 4.69) is 44.6 Å². The van der Waals surface area contributed by atoms with Crippen molar-refractivity contribution < 1.29 is 5.11 Å². The average molecular weight is 425 g/mol. The lowest BCUT2D eigenvalue weighted by molar-refractivity contribution is 0.245.